The highest BCUT2D eigenvalue weighted by Gasteiger charge is 2.19. The molecular weight excluding hydrogens is 200 g/mol. The number of ether oxygens (including phenoxy) is 1. The second-order valence-corrected chi connectivity index (χ2v) is 4.19. The van der Waals surface area contributed by atoms with E-state index < -0.39 is 6.10 Å². The highest BCUT2D eigenvalue weighted by molar-refractivity contribution is 5.29. The number of rotatable bonds is 5. The summed E-state index contributed by atoms with van der Waals surface area (Å²) in [6.07, 6.45) is 2.19. The van der Waals surface area contributed by atoms with E-state index in [-0.39, 0.29) is 0 Å². The minimum Gasteiger partial charge on any atom is -0.476 e. The number of hydrogen-bond donors (Lipinski definition) is 1. The van der Waals surface area contributed by atoms with Gasteiger partial charge in [0.25, 0.3) is 0 Å². The Morgan fingerprint density at radius 2 is 2.38 bits per heavy atom. The van der Waals surface area contributed by atoms with E-state index in [4.69, 9.17) is 10.00 Å². The largest absolute Gasteiger partial charge is 0.476 e. The summed E-state index contributed by atoms with van der Waals surface area (Å²) in [5.41, 5.74) is 1.20. The molecule has 1 aliphatic rings. The van der Waals surface area contributed by atoms with Crippen LogP contribution in [0.1, 0.15) is 25.3 Å². The van der Waals surface area contributed by atoms with Crippen molar-refractivity contribution in [2.75, 3.05) is 0 Å². The summed E-state index contributed by atoms with van der Waals surface area (Å²) in [6, 6.07) is 10.7. The summed E-state index contributed by atoms with van der Waals surface area (Å²) in [5, 5.41) is 12.1. The molecule has 1 unspecified atom stereocenters. The van der Waals surface area contributed by atoms with Crippen LogP contribution >= 0.6 is 0 Å². The molecule has 16 heavy (non-hydrogen) atoms. The van der Waals surface area contributed by atoms with Crippen LogP contribution in [0.4, 0.5) is 0 Å². The molecule has 3 nitrogen and oxygen atoms in total. The van der Waals surface area contributed by atoms with Crippen molar-refractivity contribution in [3.05, 3.63) is 29.8 Å². The SMILES string of the molecule is CC(C#N)Oc1cccc(CNC2CC2)c1. The normalized spacial score (nSPS) is 16.5. The Bertz CT molecular complexity index is 393. The van der Waals surface area contributed by atoms with Crippen molar-refractivity contribution in [3.63, 3.8) is 0 Å². The molecule has 1 saturated carbocycles. The van der Waals surface area contributed by atoms with Gasteiger partial charge in [-0.25, -0.2) is 0 Å². The number of nitrogens with one attached hydrogen (secondary N) is 1. The van der Waals surface area contributed by atoms with Crippen LogP contribution in [0, 0.1) is 11.3 Å². The fraction of sp³-hybridized carbons (Fsp3) is 0.462. The van der Waals surface area contributed by atoms with Gasteiger partial charge >= 0.3 is 0 Å². The van der Waals surface area contributed by atoms with Gasteiger partial charge in [-0.3, -0.25) is 0 Å². The van der Waals surface area contributed by atoms with Crippen LogP contribution in [0.25, 0.3) is 0 Å². The van der Waals surface area contributed by atoms with Gasteiger partial charge in [0.15, 0.2) is 6.10 Å². The van der Waals surface area contributed by atoms with Gasteiger partial charge in [-0.05, 0) is 37.5 Å². The first-order valence-corrected chi connectivity index (χ1v) is 5.66. The third kappa shape index (κ3) is 3.25. The predicted molar refractivity (Wildman–Crippen MR) is 62.0 cm³/mol. The van der Waals surface area contributed by atoms with E-state index in [0.717, 1.165) is 12.3 Å². The summed E-state index contributed by atoms with van der Waals surface area (Å²) >= 11 is 0. The smallest absolute Gasteiger partial charge is 0.181 e. The van der Waals surface area contributed by atoms with E-state index >= 15 is 0 Å². The van der Waals surface area contributed by atoms with Crippen molar-refractivity contribution in [3.8, 4) is 11.8 Å². The van der Waals surface area contributed by atoms with Crippen molar-refractivity contribution in [2.45, 2.75) is 38.5 Å². The quantitative estimate of drug-likeness (QED) is 0.821. The summed E-state index contributed by atoms with van der Waals surface area (Å²) in [7, 11) is 0. The van der Waals surface area contributed by atoms with Gasteiger partial charge in [-0.1, -0.05) is 12.1 Å². The number of nitriles is 1. The van der Waals surface area contributed by atoms with E-state index in [9.17, 15) is 0 Å². The maximum atomic E-state index is 8.66. The molecule has 0 heterocycles. The molecule has 1 aromatic carbocycles. The molecule has 0 saturated heterocycles. The van der Waals surface area contributed by atoms with Gasteiger partial charge < -0.3 is 10.1 Å². The lowest BCUT2D eigenvalue weighted by molar-refractivity contribution is 0.276. The summed E-state index contributed by atoms with van der Waals surface area (Å²) < 4.78 is 5.44. The lowest BCUT2D eigenvalue weighted by atomic mass is 10.2. The Morgan fingerprint density at radius 1 is 1.56 bits per heavy atom. The maximum absolute atomic E-state index is 8.66. The fourth-order valence-corrected chi connectivity index (χ4v) is 1.51. The second kappa shape index (κ2) is 5.00. The van der Waals surface area contributed by atoms with Gasteiger partial charge in [0, 0.05) is 12.6 Å². The topological polar surface area (TPSA) is 45.0 Å². The van der Waals surface area contributed by atoms with Crippen molar-refractivity contribution in [2.24, 2.45) is 0 Å². The van der Waals surface area contributed by atoms with Gasteiger partial charge in [0.1, 0.15) is 11.8 Å². The lowest BCUT2D eigenvalue weighted by Gasteiger charge is -2.09. The zero-order valence-electron chi connectivity index (χ0n) is 9.44. The first-order chi connectivity index (χ1) is 7.78. The third-order valence-corrected chi connectivity index (χ3v) is 2.57. The average Bonchev–Trinajstić information content (AvgIpc) is 3.10. The van der Waals surface area contributed by atoms with Crippen molar-refractivity contribution < 1.29 is 4.74 Å². The van der Waals surface area contributed by atoms with Gasteiger partial charge in [-0.2, -0.15) is 5.26 Å². The van der Waals surface area contributed by atoms with E-state index in [1.807, 2.05) is 18.2 Å². The van der Waals surface area contributed by atoms with Gasteiger partial charge in [0.05, 0.1) is 0 Å². The monoisotopic (exact) mass is 216 g/mol. The molecule has 1 aliphatic carbocycles. The van der Waals surface area contributed by atoms with Crippen LogP contribution < -0.4 is 10.1 Å². The molecule has 0 radical (unpaired) electrons. The Hall–Kier alpha value is -1.53. The van der Waals surface area contributed by atoms with E-state index in [1.54, 1.807) is 6.92 Å². The number of hydrogen-bond acceptors (Lipinski definition) is 3. The van der Waals surface area contributed by atoms with Crippen LogP contribution in [0.3, 0.4) is 0 Å². The minimum absolute atomic E-state index is 0.397. The Morgan fingerprint density at radius 3 is 3.06 bits per heavy atom. The van der Waals surface area contributed by atoms with Crippen molar-refractivity contribution >= 4 is 0 Å². The Labute approximate surface area is 96.0 Å². The average molecular weight is 216 g/mol. The number of benzene rings is 1. The Kier molecular flexibility index (Phi) is 3.43. The van der Waals surface area contributed by atoms with Crippen LogP contribution in [0.15, 0.2) is 24.3 Å². The maximum Gasteiger partial charge on any atom is 0.181 e. The molecule has 1 N–H and O–H groups in total. The minimum atomic E-state index is -0.397. The first-order valence-electron chi connectivity index (χ1n) is 5.66. The molecule has 84 valence electrons. The zero-order valence-corrected chi connectivity index (χ0v) is 9.44. The van der Waals surface area contributed by atoms with E-state index in [1.165, 1.54) is 18.4 Å². The molecule has 1 atom stereocenters. The van der Waals surface area contributed by atoms with Gasteiger partial charge in [0.2, 0.25) is 0 Å². The molecule has 2 rings (SSSR count). The summed E-state index contributed by atoms with van der Waals surface area (Å²) in [6.45, 7) is 2.62. The fourth-order valence-electron chi connectivity index (χ4n) is 1.51. The molecule has 1 fully saturated rings. The molecule has 0 aliphatic heterocycles. The van der Waals surface area contributed by atoms with Crippen molar-refractivity contribution in [1.29, 1.82) is 5.26 Å². The molecule has 0 aromatic heterocycles. The van der Waals surface area contributed by atoms with Gasteiger partial charge in [-0.15, -0.1) is 0 Å². The molecule has 0 amide bonds. The molecule has 0 bridgehead atoms. The molecular formula is C13H16N2O. The molecule has 0 spiro atoms. The standard InChI is InChI=1S/C13H16N2O/c1-10(8-14)16-13-4-2-3-11(7-13)9-15-12-5-6-12/h2-4,7,10,12,15H,5-6,9H2,1H3. The highest BCUT2D eigenvalue weighted by atomic mass is 16.5. The van der Waals surface area contributed by atoms with Crippen LogP contribution in [-0.2, 0) is 6.54 Å². The molecule has 3 heteroatoms. The predicted octanol–water partition coefficient (Wildman–Crippen LogP) is 2.23. The highest BCUT2D eigenvalue weighted by Crippen LogP contribution is 2.20. The van der Waals surface area contributed by atoms with Crippen molar-refractivity contribution in [1.82, 2.24) is 5.32 Å². The van der Waals surface area contributed by atoms with E-state index in [0.29, 0.717) is 6.04 Å². The Balaban J connectivity index is 1.92. The third-order valence-electron chi connectivity index (χ3n) is 2.57. The van der Waals surface area contributed by atoms with Crippen LogP contribution in [-0.4, -0.2) is 12.1 Å². The first kappa shape index (κ1) is 11.0. The lowest BCUT2D eigenvalue weighted by Crippen LogP contribution is -2.15. The second-order valence-electron chi connectivity index (χ2n) is 4.19. The number of nitrogens with zero attached hydrogens (tertiary/aromatic N) is 1. The zero-order chi connectivity index (χ0) is 11.4. The summed E-state index contributed by atoms with van der Waals surface area (Å²) in [4.78, 5) is 0. The summed E-state index contributed by atoms with van der Waals surface area (Å²) in [5.74, 6) is 0.768. The molecule has 1 aromatic rings. The van der Waals surface area contributed by atoms with Crippen LogP contribution in [0.2, 0.25) is 0 Å². The van der Waals surface area contributed by atoms with E-state index in [2.05, 4.69) is 17.5 Å². The van der Waals surface area contributed by atoms with Crippen LogP contribution in [0.5, 0.6) is 5.75 Å².